The third kappa shape index (κ3) is 5.55. The third-order valence-corrected chi connectivity index (χ3v) is 6.77. The van der Waals surface area contributed by atoms with Gasteiger partial charge in [-0.05, 0) is 54.7 Å². The zero-order valence-electron chi connectivity index (χ0n) is 19.4. The zero-order valence-corrected chi connectivity index (χ0v) is 19.4. The summed E-state index contributed by atoms with van der Waals surface area (Å²) >= 11 is 0. The number of alkyl halides is 2. The van der Waals surface area contributed by atoms with Gasteiger partial charge in [0.1, 0.15) is 5.82 Å². The van der Waals surface area contributed by atoms with Gasteiger partial charge in [0.25, 0.3) is 6.43 Å². The average Bonchev–Trinajstić information content (AvgIpc) is 3.41. The molecule has 1 aliphatic heterocycles. The van der Waals surface area contributed by atoms with E-state index in [1.165, 1.54) is 17.7 Å². The Bertz CT molecular complexity index is 1180. The first-order valence-corrected chi connectivity index (χ1v) is 12.0. The number of allylic oxidation sites excluding steroid dienone is 1. The Morgan fingerprint density at radius 3 is 2.60 bits per heavy atom. The molecule has 8 heteroatoms. The summed E-state index contributed by atoms with van der Waals surface area (Å²) in [7, 11) is 0. The summed E-state index contributed by atoms with van der Waals surface area (Å²) in [5.41, 5.74) is 3.52. The fraction of sp³-hybridized carbons (Fsp3) is 0.370. The normalized spacial score (nSPS) is 19.1. The second-order valence-electron chi connectivity index (χ2n) is 9.02. The lowest BCUT2D eigenvalue weighted by Crippen LogP contribution is -2.43. The van der Waals surface area contributed by atoms with Gasteiger partial charge in [-0.1, -0.05) is 12.1 Å². The van der Waals surface area contributed by atoms with Crippen LogP contribution < -0.4 is 0 Å². The average molecular weight is 479 g/mol. The first-order chi connectivity index (χ1) is 17.1. The number of hydrogen-bond donors (Lipinski definition) is 0. The molecule has 1 fully saturated rings. The van der Waals surface area contributed by atoms with Gasteiger partial charge in [-0.2, -0.15) is 0 Å². The molecular formula is C27H28F2N4O2. The maximum atomic E-state index is 12.8. The van der Waals surface area contributed by atoms with Crippen LogP contribution in [0.1, 0.15) is 52.9 Å². The van der Waals surface area contributed by atoms with E-state index < -0.39 is 6.43 Å². The highest BCUT2D eigenvalue weighted by molar-refractivity contribution is 5.97. The summed E-state index contributed by atoms with van der Waals surface area (Å²) in [4.78, 5) is 24.0. The number of rotatable bonds is 7. The number of halogens is 2. The number of Topliss-reactive ketones (excluding diaryl/α,β-unsaturated/α-hetero) is 1. The van der Waals surface area contributed by atoms with Crippen LogP contribution in [0.3, 0.4) is 0 Å². The van der Waals surface area contributed by atoms with Crippen LogP contribution >= 0.6 is 0 Å². The lowest BCUT2D eigenvalue weighted by molar-refractivity contribution is 0.0150. The van der Waals surface area contributed by atoms with Crippen LogP contribution in [-0.4, -0.2) is 57.6 Å². The van der Waals surface area contributed by atoms with Crippen LogP contribution in [0, 0.1) is 0 Å². The van der Waals surface area contributed by atoms with Gasteiger partial charge in [0.2, 0.25) is 0 Å². The number of carbonyl (C=O) groups excluding carboxylic acids is 1. The number of carbonyl (C=O) groups is 1. The van der Waals surface area contributed by atoms with Crippen molar-refractivity contribution in [3.8, 4) is 5.82 Å². The van der Waals surface area contributed by atoms with Gasteiger partial charge in [-0.15, -0.1) is 0 Å². The van der Waals surface area contributed by atoms with Crippen LogP contribution in [0.4, 0.5) is 8.78 Å². The van der Waals surface area contributed by atoms with Gasteiger partial charge < -0.3 is 9.30 Å². The Labute approximate surface area is 203 Å². The van der Waals surface area contributed by atoms with Crippen molar-refractivity contribution in [2.45, 2.75) is 38.2 Å². The summed E-state index contributed by atoms with van der Waals surface area (Å²) in [5, 5.41) is 0. The fourth-order valence-electron chi connectivity index (χ4n) is 4.72. The minimum atomic E-state index is -2.56. The highest BCUT2D eigenvalue weighted by atomic mass is 19.3. The van der Waals surface area contributed by atoms with Crippen molar-refractivity contribution < 1.29 is 18.3 Å². The molecule has 3 aromatic heterocycles. The topological polar surface area (TPSA) is 60.3 Å². The predicted molar refractivity (Wildman–Crippen MR) is 129 cm³/mol. The number of ether oxygens (including phenoxy) is 1. The van der Waals surface area contributed by atoms with Gasteiger partial charge in [0.15, 0.2) is 5.78 Å². The molecule has 0 spiro atoms. The van der Waals surface area contributed by atoms with Crippen molar-refractivity contribution in [2.24, 2.45) is 0 Å². The molecule has 0 aromatic carbocycles. The van der Waals surface area contributed by atoms with Crippen molar-refractivity contribution in [1.82, 2.24) is 19.4 Å². The molecule has 6 nitrogen and oxygen atoms in total. The molecule has 182 valence electrons. The quantitative estimate of drug-likeness (QED) is 0.452. The molecule has 0 saturated carbocycles. The number of hydrogen-bond acceptors (Lipinski definition) is 5. The molecule has 5 rings (SSSR count). The standard InChI is InChI=1S/C27H28F2N4O2/c28-27(29)21-4-8-26(31-17-21)33-10-9-22(18-33)25(34)15-19-1-7-24(30-16-19)20-2-5-23(6-3-20)32-11-13-35-14-12-32/h1-2,4,7-10,16-18,23,27H,3,5-6,11-15H2. The van der Waals surface area contributed by atoms with E-state index in [-0.39, 0.29) is 17.8 Å². The predicted octanol–water partition coefficient (Wildman–Crippen LogP) is 4.90. The largest absolute Gasteiger partial charge is 0.379 e. The van der Waals surface area contributed by atoms with Crippen molar-refractivity contribution in [3.63, 3.8) is 0 Å². The maximum absolute atomic E-state index is 12.8. The van der Waals surface area contributed by atoms with Crippen LogP contribution in [0.15, 0.2) is 61.2 Å². The number of pyridine rings is 2. The first-order valence-electron chi connectivity index (χ1n) is 12.0. The third-order valence-electron chi connectivity index (χ3n) is 6.77. The molecule has 0 N–H and O–H groups in total. The SMILES string of the molecule is O=C(Cc1ccc(C2=CCC(N3CCOCC3)CC2)nc1)c1ccn(-c2ccc(C(F)F)cn2)c1. The van der Waals surface area contributed by atoms with Crippen LogP contribution in [-0.2, 0) is 11.2 Å². The zero-order chi connectivity index (χ0) is 24.2. The number of aromatic nitrogens is 3. The van der Waals surface area contributed by atoms with E-state index in [2.05, 4.69) is 20.9 Å². The molecule has 0 radical (unpaired) electrons. The number of ketones is 1. The Morgan fingerprint density at radius 1 is 1.09 bits per heavy atom. The van der Waals surface area contributed by atoms with E-state index in [0.29, 0.717) is 17.4 Å². The van der Waals surface area contributed by atoms with Gasteiger partial charge in [0.05, 0.1) is 18.9 Å². The molecule has 1 saturated heterocycles. The molecular weight excluding hydrogens is 450 g/mol. The molecule has 0 amide bonds. The van der Waals surface area contributed by atoms with Crippen molar-refractivity contribution >= 4 is 11.4 Å². The van der Waals surface area contributed by atoms with E-state index in [0.717, 1.165) is 63.0 Å². The van der Waals surface area contributed by atoms with Gasteiger partial charge in [-0.3, -0.25) is 14.7 Å². The summed E-state index contributed by atoms with van der Waals surface area (Å²) in [6.07, 6.45) is 9.48. The Hall–Kier alpha value is -3.23. The monoisotopic (exact) mass is 478 g/mol. The molecule has 4 heterocycles. The molecule has 1 atom stereocenters. The van der Waals surface area contributed by atoms with E-state index in [4.69, 9.17) is 4.74 Å². The molecule has 35 heavy (non-hydrogen) atoms. The minimum absolute atomic E-state index is 0.0345. The molecule has 1 unspecified atom stereocenters. The van der Waals surface area contributed by atoms with Crippen molar-refractivity contribution in [2.75, 3.05) is 26.3 Å². The Morgan fingerprint density at radius 2 is 1.94 bits per heavy atom. The van der Waals surface area contributed by atoms with Crippen LogP contribution in [0.2, 0.25) is 0 Å². The molecule has 1 aliphatic carbocycles. The molecule has 2 aliphatic rings. The van der Waals surface area contributed by atoms with Gasteiger partial charge in [0, 0.05) is 61.5 Å². The molecule has 3 aromatic rings. The van der Waals surface area contributed by atoms with E-state index in [9.17, 15) is 13.6 Å². The first kappa shape index (κ1) is 23.5. The summed E-state index contributed by atoms with van der Waals surface area (Å²) in [6, 6.07) is 9.13. The second-order valence-corrected chi connectivity index (χ2v) is 9.02. The highest BCUT2D eigenvalue weighted by Crippen LogP contribution is 2.29. The maximum Gasteiger partial charge on any atom is 0.265 e. The van der Waals surface area contributed by atoms with E-state index >= 15 is 0 Å². The van der Waals surface area contributed by atoms with Crippen molar-refractivity contribution in [3.05, 3.63) is 83.6 Å². The number of morpholine rings is 1. The number of nitrogens with zero attached hydrogens (tertiary/aromatic N) is 4. The summed E-state index contributed by atoms with van der Waals surface area (Å²) in [5.74, 6) is 0.448. The lowest BCUT2D eigenvalue weighted by atomic mass is 9.91. The summed E-state index contributed by atoms with van der Waals surface area (Å²) < 4.78 is 32.6. The van der Waals surface area contributed by atoms with E-state index in [1.807, 2.05) is 12.1 Å². The smallest absolute Gasteiger partial charge is 0.265 e. The van der Waals surface area contributed by atoms with Crippen LogP contribution in [0.5, 0.6) is 0 Å². The highest BCUT2D eigenvalue weighted by Gasteiger charge is 2.23. The Kier molecular flexibility index (Phi) is 7.11. The minimum Gasteiger partial charge on any atom is -0.379 e. The Balaban J connectivity index is 1.18. The second kappa shape index (κ2) is 10.6. The molecule has 0 bridgehead atoms. The van der Waals surface area contributed by atoms with Crippen molar-refractivity contribution in [1.29, 1.82) is 0 Å². The van der Waals surface area contributed by atoms with E-state index in [1.54, 1.807) is 29.2 Å². The fourth-order valence-corrected chi connectivity index (χ4v) is 4.72. The lowest BCUT2D eigenvalue weighted by Gasteiger charge is -2.36. The van der Waals surface area contributed by atoms with Gasteiger partial charge >= 0.3 is 0 Å². The summed E-state index contributed by atoms with van der Waals surface area (Å²) in [6.45, 7) is 3.68. The van der Waals surface area contributed by atoms with Gasteiger partial charge in [-0.25, -0.2) is 13.8 Å². The van der Waals surface area contributed by atoms with Crippen LogP contribution in [0.25, 0.3) is 11.4 Å².